The number of ether oxygens (including phenoxy) is 1. The Morgan fingerprint density at radius 1 is 1.42 bits per heavy atom. The van der Waals surface area contributed by atoms with E-state index in [0.717, 1.165) is 49.7 Å². The highest BCUT2D eigenvalue weighted by atomic mass is 16.5. The molecule has 0 aromatic carbocycles. The Morgan fingerprint density at radius 2 is 2.21 bits per heavy atom. The highest BCUT2D eigenvalue weighted by molar-refractivity contribution is 5.48. The molecule has 0 bridgehead atoms. The third kappa shape index (κ3) is 4.67. The van der Waals surface area contributed by atoms with Gasteiger partial charge in [0.2, 0.25) is 0 Å². The Labute approximate surface area is 115 Å². The Morgan fingerprint density at radius 3 is 2.89 bits per heavy atom. The highest BCUT2D eigenvalue weighted by Gasteiger charge is 2.21. The van der Waals surface area contributed by atoms with Gasteiger partial charge in [0.25, 0.3) is 0 Å². The number of anilines is 2. The van der Waals surface area contributed by atoms with E-state index < -0.39 is 0 Å². The van der Waals surface area contributed by atoms with Gasteiger partial charge in [-0.1, -0.05) is 0 Å². The second kappa shape index (κ2) is 6.70. The molecule has 1 fully saturated rings. The summed E-state index contributed by atoms with van der Waals surface area (Å²) in [7, 11) is 2.04. The highest BCUT2D eigenvalue weighted by Crippen LogP contribution is 2.28. The van der Waals surface area contributed by atoms with Gasteiger partial charge in [0, 0.05) is 32.8 Å². The van der Waals surface area contributed by atoms with Crippen LogP contribution in [0.4, 0.5) is 11.6 Å². The van der Waals surface area contributed by atoms with Crippen molar-refractivity contribution in [2.45, 2.75) is 26.7 Å². The maximum absolute atomic E-state index is 5.66. The Kier molecular flexibility index (Phi) is 4.96. The van der Waals surface area contributed by atoms with Gasteiger partial charge in [-0.2, -0.15) is 0 Å². The molecule has 0 radical (unpaired) electrons. The van der Waals surface area contributed by atoms with Crippen LogP contribution in [0.15, 0.2) is 6.07 Å². The Hall–Kier alpha value is -1.36. The number of nitrogens with zero attached hydrogens (tertiary/aromatic N) is 3. The van der Waals surface area contributed by atoms with Gasteiger partial charge in [-0.25, -0.2) is 9.97 Å². The van der Waals surface area contributed by atoms with Crippen molar-refractivity contribution in [1.29, 1.82) is 0 Å². The third-order valence-electron chi connectivity index (χ3n) is 3.19. The molecule has 0 amide bonds. The fourth-order valence-electron chi connectivity index (χ4n) is 1.87. The first-order valence-corrected chi connectivity index (χ1v) is 7.07. The summed E-state index contributed by atoms with van der Waals surface area (Å²) in [5.74, 6) is 3.44. The average molecular weight is 264 g/mol. The quantitative estimate of drug-likeness (QED) is 0.729. The van der Waals surface area contributed by atoms with E-state index in [1.165, 1.54) is 12.8 Å². The lowest BCUT2D eigenvalue weighted by Crippen LogP contribution is -2.24. The monoisotopic (exact) mass is 264 g/mol. The fraction of sp³-hybridized carbons (Fsp3) is 0.714. The molecule has 106 valence electrons. The van der Waals surface area contributed by atoms with Crippen LogP contribution in [0.1, 0.15) is 25.6 Å². The first kappa shape index (κ1) is 14.1. The van der Waals surface area contributed by atoms with Crippen molar-refractivity contribution in [3.63, 3.8) is 0 Å². The van der Waals surface area contributed by atoms with Gasteiger partial charge < -0.3 is 15.0 Å². The predicted molar refractivity (Wildman–Crippen MR) is 77.7 cm³/mol. The van der Waals surface area contributed by atoms with E-state index in [2.05, 4.69) is 27.1 Å². The lowest BCUT2D eigenvalue weighted by molar-refractivity contribution is 0.131. The van der Waals surface area contributed by atoms with Crippen LogP contribution in [0.25, 0.3) is 0 Å². The standard InChI is InChI=1S/C14H24N4O/c1-4-15-13-9-14(17-11(2)16-13)18(3)7-8-19-10-12-5-6-12/h9,12H,4-8,10H2,1-3H3,(H,15,16,17). The van der Waals surface area contributed by atoms with Crippen LogP contribution in [0.5, 0.6) is 0 Å². The van der Waals surface area contributed by atoms with Crippen molar-refractivity contribution in [1.82, 2.24) is 9.97 Å². The van der Waals surface area contributed by atoms with Crippen LogP contribution in [0.2, 0.25) is 0 Å². The largest absolute Gasteiger partial charge is 0.379 e. The van der Waals surface area contributed by atoms with Crippen molar-refractivity contribution in [2.24, 2.45) is 5.92 Å². The average Bonchev–Trinajstić information content (AvgIpc) is 3.18. The zero-order valence-electron chi connectivity index (χ0n) is 12.1. The Bertz CT molecular complexity index is 406. The van der Waals surface area contributed by atoms with Crippen molar-refractivity contribution >= 4 is 11.6 Å². The smallest absolute Gasteiger partial charge is 0.134 e. The van der Waals surface area contributed by atoms with Gasteiger partial charge in [-0.3, -0.25) is 0 Å². The molecule has 1 aromatic heterocycles. The molecular weight excluding hydrogens is 240 g/mol. The molecular formula is C14H24N4O. The topological polar surface area (TPSA) is 50.3 Å². The van der Waals surface area contributed by atoms with Gasteiger partial charge in [0.1, 0.15) is 17.5 Å². The van der Waals surface area contributed by atoms with Crippen LogP contribution in [0.3, 0.4) is 0 Å². The molecule has 0 spiro atoms. The number of hydrogen-bond donors (Lipinski definition) is 1. The third-order valence-corrected chi connectivity index (χ3v) is 3.19. The van der Waals surface area contributed by atoms with Crippen LogP contribution in [-0.4, -0.2) is 43.3 Å². The predicted octanol–water partition coefficient (Wildman–Crippen LogP) is 2.08. The normalized spacial score (nSPS) is 14.5. The van der Waals surface area contributed by atoms with Crippen molar-refractivity contribution in [2.75, 3.05) is 43.6 Å². The number of rotatable bonds is 8. The summed E-state index contributed by atoms with van der Waals surface area (Å²) in [6.07, 6.45) is 2.68. The summed E-state index contributed by atoms with van der Waals surface area (Å²) in [6, 6.07) is 1.98. The molecule has 5 nitrogen and oxygen atoms in total. The van der Waals surface area contributed by atoms with E-state index in [1.807, 2.05) is 20.0 Å². The van der Waals surface area contributed by atoms with Crippen molar-refractivity contribution in [3.8, 4) is 0 Å². The number of aryl methyl sites for hydroxylation is 1. The summed E-state index contributed by atoms with van der Waals surface area (Å²) < 4.78 is 5.66. The summed E-state index contributed by atoms with van der Waals surface area (Å²) in [5.41, 5.74) is 0. The second-order valence-corrected chi connectivity index (χ2v) is 5.13. The van der Waals surface area contributed by atoms with Gasteiger partial charge in [0.05, 0.1) is 6.61 Å². The van der Waals surface area contributed by atoms with Crippen LogP contribution in [0, 0.1) is 12.8 Å². The molecule has 0 unspecified atom stereocenters. The summed E-state index contributed by atoms with van der Waals surface area (Å²) in [6.45, 7) is 7.37. The maximum Gasteiger partial charge on any atom is 0.134 e. The SMILES string of the molecule is CCNc1cc(N(C)CCOCC2CC2)nc(C)n1. The molecule has 0 atom stereocenters. The van der Waals surface area contributed by atoms with E-state index in [0.29, 0.717) is 0 Å². The molecule has 5 heteroatoms. The molecule has 1 heterocycles. The van der Waals surface area contributed by atoms with Crippen LogP contribution < -0.4 is 10.2 Å². The molecule has 0 saturated heterocycles. The van der Waals surface area contributed by atoms with Crippen LogP contribution >= 0.6 is 0 Å². The fourth-order valence-corrected chi connectivity index (χ4v) is 1.87. The summed E-state index contributed by atoms with van der Waals surface area (Å²) in [4.78, 5) is 10.9. The molecule has 1 aliphatic carbocycles. The van der Waals surface area contributed by atoms with E-state index in [9.17, 15) is 0 Å². The molecule has 1 aliphatic rings. The lowest BCUT2D eigenvalue weighted by atomic mass is 10.4. The first-order chi connectivity index (χ1) is 9.19. The minimum absolute atomic E-state index is 0.757. The van der Waals surface area contributed by atoms with E-state index in [1.54, 1.807) is 0 Å². The van der Waals surface area contributed by atoms with Crippen LogP contribution in [-0.2, 0) is 4.74 Å². The summed E-state index contributed by atoms with van der Waals surface area (Å²) >= 11 is 0. The first-order valence-electron chi connectivity index (χ1n) is 7.07. The van der Waals surface area contributed by atoms with Gasteiger partial charge in [-0.15, -0.1) is 0 Å². The number of likely N-dealkylation sites (N-methyl/N-ethyl adjacent to an activating group) is 1. The van der Waals surface area contributed by atoms with Gasteiger partial charge in [-0.05, 0) is 32.6 Å². The molecule has 2 rings (SSSR count). The number of aromatic nitrogens is 2. The Balaban J connectivity index is 1.83. The molecule has 19 heavy (non-hydrogen) atoms. The van der Waals surface area contributed by atoms with Gasteiger partial charge >= 0.3 is 0 Å². The van der Waals surface area contributed by atoms with Crippen molar-refractivity contribution in [3.05, 3.63) is 11.9 Å². The number of hydrogen-bond acceptors (Lipinski definition) is 5. The molecule has 1 aromatic rings. The summed E-state index contributed by atoms with van der Waals surface area (Å²) in [5, 5.41) is 3.23. The van der Waals surface area contributed by atoms with Crippen molar-refractivity contribution < 1.29 is 4.74 Å². The minimum atomic E-state index is 0.757. The lowest BCUT2D eigenvalue weighted by Gasteiger charge is -2.19. The van der Waals surface area contributed by atoms with Gasteiger partial charge in [0.15, 0.2) is 0 Å². The minimum Gasteiger partial charge on any atom is -0.379 e. The van der Waals surface area contributed by atoms with E-state index in [-0.39, 0.29) is 0 Å². The zero-order valence-corrected chi connectivity index (χ0v) is 12.1. The second-order valence-electron chi connectivity index (χ2n) is 5.13. The zero-order chi connectivity index (χ0) is 13.7. The van der Waals surface area contributed by atoms with E-state index >= 15 is 0 Å². The van der Waals surface area contributed by atoms with E-state index in [4.69, 9.17) is 4.74 Å². The molecule has 0 aliphatic heterocycles. The number of nitrogens with one attached hydrogen (secondary N) is 1. The maximum atomic E-state index is 5.66. The molecule has 1 N–H and O–H groups in total. The molecule has 1 saturated carbocycles.